The van der Waals surface area contributed by atoms with E-state index < -0.39 is 0 Å². The van der Waals surface area contributed by atoms with Gasteiger partial charge in [0, 0.05) is 92.6 Å². The highest BCUT2D eigenvalue weighted by Gasteiger charge is 2.51. The van der Waals surface area contributed by atoms with Crippen LogP contribution >= 0.6 is 15.9 Å². The Balaban J connectivity index is 0.000000117. The van der Waals surface area contributed by atoms with Crippen molar-refractivity contribution in [1.82, 2.24) is 38.2 Å². The van der Waals surface area contributed by atoms with Crippen molar-refractivity contribution in [2.45, 2.75) is 38.9 Å². The molecule has 118 heavy (non-hydrogen) atoms. The van der Waals surface area contributed by atoms with Crippen LogP contribution in [0.15, 0.2) is 393 Å². The molecule has 1 fully saturated rings. The molecular weight excluding hydrogens is 1510 g/mol. The van der Waals surface area contributed by atoms with E-state index in [1.165, 1.54) is 70.8 Å². The van der Waals surface area contributed by atoms with Crippen LogP contribution in [0, 0.1) is 0 Å². The lowest BCUT2D eigenvalue weighted by atomic mass is 9.79. The first-order chi connectivity index (χ1) is 57.9. The fourth-order valence-corrected chi connectivity index (χ4v) is 17.4. The maximum absolute atomic E-state index is 6.19. The molecule has 23 rings (SSSR count). The number of hydrogen-bond donors (Lipinski definition) is 0. The minimum absolute atomic E-state index is 0.350. The maximum Gasteiger partial charge on any atom is 0.494 e. The number of halogens is 1. The average molecular weight is 1580 g/mol. The first kappa shape index (κ1) is 71.6. The molecule has 1 saturated heterocycles. The summed E-state index contributed by atoms with van der Waals surface area (Å²) in [5.74, 6) is 1.85. The molecule has 1 aliphatic heterocycles. The van der Waals surface area contributed by atoms with Gasteiger partial charge in [-0.05, 0) is 189 Å². The Hall–Kier alpha value is -14.1. The summed E-state index contributed by atoms with van der Waals surface area (Å²) in [4.78, 5) is 20.4. The molecule has 0 bridgehead atoms. The highest BCUT2D eigenvalue weighted by Crippen LogP contribution is 2.44. The van der Waals surface area contributed by atoms with E-state index in [2.05, 4.69) is 426 Å². The molecule has 0 spiro atoms. The van der Waals surface area contributed by atoms with Crippen molar-refractivity contribution < 1.29 is 9.31 Å². The van der Waals surface area contributed by atoms with Crippen molar-refractivity contribution in [3.63, 3.8) is 0 Å². The smallest absolute Gasteiger partial charge is 0.399 e. The lowest BCUT2D eigenvalue weighted by Gasteiger charge is -2.32. The Morgan fingerprint density at radius 2 is 0.542 bits per heavy atom. The molecule has 6 aromatic heterocycles. The van der Waals surface area contributed by atoms with Gasteiger partial charge in [0.1, 0.15) is 11.6 Å². The van der Waals surface area contributed by atoms with E-state index in [0.717, 1.165) is 127 Å². The van der Waals surface area contributed by atoms with Gasteiger partial charge in [-0.1, -0.05) is 271 Å². The summed E-state index contributed by atoms with van der Waals surface area (Å²) < 4.78 is 22.7. The predicted molar refractivity (Wildman–Crippen MR) is 493 cm³/mol. The Morgan fingerprint density at radius 3 is 0.941 bits per heavy atom. The molecule has 562 valence electrons. The van der Waals surface area contributed by atoms with Crippen LogP contribution in [-0.2, 0) is 9.31 Å². The van der Waals surface area contributed by atoms with Crippen LogP contribution in [0.4, 0.5) is 0 Å². The van der Waals surface area contributed by atoms with Crippen molar-refractivity contribution in [1.29, 1.82) is 0 Å². The minimum atomic E-state index is -0.364. The van der Waals surface area contributed by atoms with Gasteiger partial charge in [-0.15, -0.1) is 0 Å². The third-order valence-corrected chi connectivity index (χ3v) is 24.1. The molecular formula is C106H76BBrN8O2. The third kappa shape index (κ3) is 12.6. The summed E-state index contributed by atoms with van der Waals surface area (Å²) in [5, 5.41) is 12.0. The molecule has 0 radical (unpaired) electrons. The molecule has 0 amide bonds. The van der Waals surface area contributed by atoms with E-state index in [1.54, 1.807) is 0 Å². The Bertz CT molecular complexity index is 7580. The van der Waals surface area contributed by atoms with Gasteiger partial charge in [0.2, 0.25) is 0 Å². The van der Waals surface area contributed by atoms with Crippen molar-refractivity contribution in [3.05, 3.63) is 393 Å². The number of nitrogens with zero attached hydrogens (tertiary/aromatic N) is 8. The Kier molecular flexibility index (Phi) is 17.8. The maximum atomic E-state index is 6.19. The van der Waals surface area contributed by atoms with Crippen molar-refractivity contribution in [2.75, 3.05) is 0 Å². The van der Waals surface area contributed by atoms with Gasteiger partial charge in [-0.25, -0.2) is 19.9 Å². The predicted octanol–water partition coefficient (Wildman–Crippen LogP) is 26.7. The average Bonchev–Trinajstić information content (AvgIpc) is 1.54. The second-order valence-electron chi connectivity index (χ2n) is 31.2. The minimum Gasteiger partial charge on any atom is -0.399 e. The van der Waals surface area contributed by atoms with Crippen LogP contribution in [0.3, 0.4) is 0 Å². The Labute approximate surface area is 691 Å². The number of rotatable bonds is 10. The van der Waals surface area contributed by atoms with Crippen molar-refractivity contribution >= 4 is 138 Å². The van der Waals surface area contributed by atoms with Gasteiger partial charge in [0.05, 0.1) is 77.8 Å². The SMILES string of the molecule is Brc1ccc(-c2nc3ccccc3c3cc4c(cc23)c2ccccc2n4-c2ccccc2)cc1.CC1(C)OB(c2ccc(-c3nc4ccccc4n3-c3ccccc3)cc2)OC1(C)C.c1ccc(-n2c(-c3ccc(-c4ccc(-c5nc6ccccc6c6cc7c(cc56)c5ccccc5n7-c5ccccc5)cc4)cc3)nc3ccccc32)cc1. The van der Waals surface area contributed by atoms with Gasteiger partial charge < -0.3 is 18.4 Å². The third-order valence-electron chi connectivity index (χ3n) is 23.6. The van der Waals surface area contributed by atoms with Gasteiger partial charge in [0.15, 0.2) is 0 Å². The van der Waals surface area contributed by atoms with Gasteiger partial charge in [-0.3, -0.25) is 9.13 Å². The lowest BCUT2D eigenvalue weighted by molar-refractivity contribution is 0.00578. The summed E-state index contributed by atoms with van der Waals surface area (Å²) >= 11 is 3.57. The van der Waals surface area contributed by atoms with Crippen LogP contribution in [0.25, 0.3) is 188 Å². The molecule has 22 aromatic rings. The summed E-state index contributed by atoms with van der Waals surface area (Å²) in [5.41, 5.74) is 24.4. The number of hydrogen-bond acceptors (Lipinski definition) is 6. The first-order valence-corrected chi connectivity index (χ1v) is 40.8. The van der Waals surface area contributed by atoms with E-state index in [1.807, 2.05) is 24.3 Å². The number of pyridine rings is 2. The van der Waals surface area contributed by atoms with E-state index in [-0.39, 0.29) is 18.3 Å². The highest BCUT2D eigenvalue weighted by molar-refractivity contribution is 9.10. The zero-order chi connectivity index (χ0) is 79.2. The Morgan fingerprint density at radius 1 is 0.237 bits per heavy atom. The monoisotopic (exact) mass is 1580 g/mol. The van der Waals surface area contributed by atoms with Crippen LogP contribution in [0.5, 0.6) is 0 Å². The standard InChI is InChI=1S/C50H32N4.C31H19BrN2.C25H25BN2O2/c1-3-13-37(14-4-1)53-46-21-11-8-18-40(46)42-31-43-41(32-48(42)53)39-17-7-9-19-44(39)51-49(43)35-27-23-33(24-28-35)34-25-29-36(30-26-34)50-52-45-20-10-12-22-47(45)54(50)38-15-5-2-6-16-38;32-21-16-14-20(15-17-21)31-27-18-26-24-11-5-7-13-29(24)34(22-8-2-1-3-9-22)30(26)19-25(27)23-10-4-6-12-28(23)33-31;1-24(2)25(3,4)30-26(29-24)19-16-14-18(15-17-19)23-27-21-12-8-9-13-22(21)28(23)20-10-6-5-7-11-20/h1-32H;1-19H;5-17H,1-4H3. The molecule has 7 heterocycles. The summed E-state index contributed by atoms with van der Waals surface area (Å²) in [6, 6.07) is 137. The van der Waals surface area contributed by atoms with Crippen molar-refractivity contribution in [3.8, 4) is 79.2 Å². The molecule has 0 atom stereocenters. The van der Waals surface area contributed by atoms with Gasteiger partial charge >= 0.3 is 7.12 Å². The van der Waals surface area contributed by atoms with Crippen LogP contribution in [-0.4, -0.2) is 56.5 Å². The van der Waals surface area contributed by atoms with Gasteiger partial charge in [-0.2, -0.15) is 0 Å². The fourth-order valence-electron chi connectivity index (χ4n) is 17.1. The molecule has 16 aromatic carbocycles. The molecule has 12 heteroatoms. The number of imidazole rings is 2. The van der Waals surface area contributed by atoms with E-state index in [9.17, 15) is 0 Å². The molecule has 0 aliphatic carbocycles. The van der Waals surface area contributed by atoms with E-state index in [4.69, 9.17) is 29.2 Å². The number of para-hydroxylation sites is 12. The zero-order valence-corrected chi connectivity index (χ0v) is 66.9. The second-order valence-corrected chi connectivity index (χ2v) is 32.1. The van der Waals surface area contributed by atoms with Crippen LogP contribution < -0.4 is 5.46 Å². The number of benzene rings is 16. The summed E-state index contributed by atoms with van der Waals surface area (Å²) in [6.45, 7) is 8.29. The van der Waals surface area contributed by atoms with Crippen LogP contribution in [0.2, 0.25) is 0 Å². The van der Waals surface area contributed by atoms with E-state index in [0.29, 0.717) is 0 Å². The van der Waals surface area contributed by atoms with Crippen LogP contribution in [0.1, 0.15) is 27.7 Å². The number of fused-ring (bicyclic) bond motifs is 14. The number of aromatic nitrogens is 8. The summed E-state index contributed by atoms with van der Waals surface area (Å²) in [6.07, 6.45) is 0. The molecule has 0 N–H and O–H groups in total. The zero-order valence-electron chi connectivity index (χ0n) is 65.3. The largest absolute Gasteiger partial charge is 0.494 e. The van der Waals surface area contributed by atoms with Gasteiger partial charge in [0.25, 0.3) is 0 Å². The molecule has 10 nitrogen and oxygen atoms in total. The molecule has 0 saturated carbocycles. The van der Waals surface area contributed by atoms with Crippen molar-refractivity contribution in [2.24, 2.45) is 0 Å². The quantitative estimate of drug-likeness (QED) is 0.100. The second kappa shape index (κ2) is 29.3. The highest BCUT2D eigenvalue weighted by atomic mass is 79.9. The normalized spacial score (nSPS) is 13.2. The summed E-state index contributed by atoms with van der Waals surface area (Å²) in [7, 11) is -0.364. The fraction of sp³-hybridized carbons (Fsp3) is 0.0566. The van der Waals surface area contributed by atoms with E-state index >= 15 is 0 Å². The lowest BCUT2D eigenvalue weighted by Crippen LogP contribution is -2.41. The topological polar surface area (TPSA) is 89.7 Å². The molecule has 1 aliphatic rings. The first-order valence-electron chi connectivity index (χ1n) is 40.0. The molecule has 0 unspecified atom stereocenters.